The maximum atomic E-state index is 12.8. The molecule has 4 rings (SSSR count). The molecule has 170 valence electrons. The van der Waals surface area contributed by atoms with Gasteiger partial charge in [-0.15, -0.1) is 13.2 Å². The predicted molar refractivity (Wildman–Crippen MR) is 112 cm³/mol. The molecule has 0 bridgehead atoms. The van der Waals surface area contributed by atoms with Gasteiger partial charge in [-0.25, -0.2) is 14.3 Å². The Bertz CT molecular complexity index is 1120. The van der Waals surface area contributed by atoms with Gasteiger partial charge >= 0.3 is 12.1 Å². The molecule has 0 radical (unpaired) electrons. The Labute approximate surface area is 182 Å². The summed E-state index contributed by atoms with van der Waals surface area (Å²) in [5, 5.41) is 13.7. The van der Waals surface area contributed by atoms with Crippen molar-refractivity contribution in [1.29, 1.82) is 0 Å². The van der Waals surface area contributed by atoms with Gasteiger partial charge in [0.1, 0.15) is 11.6 Å². The highest BCUT2D eigenvalue weighted by molar-refractivity contribution is 5.41. The molecule has 1 aliphatic carbocycles. The molecule has 3 aromatic rings. The van der Waals surface area contributed by atoms with Crippen LogP contribution in [-0.4, -0.2) is 31.6 Å². The van der Waals surface area contributed by atoms with Crippen molar-refractivity contribution in [2.24, 2.45) is 0 Å². The summed E-state index contributed by atoms with van der Waals surface area (Å²) < 4.78 is 43.2. The zero-order valence-corrected chi connectivity index (χ0v) is 17.2. The Morgan fingerprint density at radius 3 is 2.53 bits per heavy atom. The van der Waals surface area contributed by atoms with Crippen LogP contribution in [0.4, 0.5) is 19.0 Å². The fourth-order valence-electron chi connectivity index (χ4n) is 3.94. The van der Waals surface area contributed by atoms with Gasteiger partial charge in [0.15, 0.2) is 0 Å². The molecular formula is C22H23F3N4O3. The first-order valence-electron chi connectivity index (χ1n) is 10.4. The molecule has 0 saturated heterocycles. The van der Waals surface area contributed by atoms with Crippen molar-refractivity contribution in [3.63, 3.8) is 0 Å². The van der Waals surface area contributed by atoms with Gasteiger partial charge in [0.2, 0.25) is 5.88 Å². The van der Waals surface area contributed by atoms with Crippen LogP contribution in [0.5, 0.6) is 11.6 Å². The van der Waals surface area contributed by atoms with Gasteiger partial charge in [0.05, 0.1) is 18.4 Å². The van der Waals surface area contributed by atoms with Crippen LogP contribution >= 0.6 is 0 Å². The summed E-state index contributed by atoms with van der Waals surface area (Å²) in [6.07, 6.45) is 4.01. The number of hydrogen-bond acceptors (Lipinski definition) is 5. The molecule has 7 nitrogen and oxygen atoms in total. The van der Waals surface area contributed by atoms with Crippen LogP contribution in [0, 0.1) is 0 Å². The number of benzene rings is 1. The molecule has 1 aliphatic rings. The van der Waals surface area contributed by atoms with Crippen LogP contribution in [0.25, 0.3) is 5.69 Å². The van der Waals surface area contributed by atoms with E-state index in [2.05, 4.69) is 15.0 Å². The van der Waals surface area contributed by atoms with E-state index in [4.69, 9.17) is 0 Å². The van der Waals surface area contributed by atoms with Gasteiger partial charge in [0, 0.05) is 12.2 Å². The summed E-state index contributed by atoms with van der Waals surface area (Å²) in [7, 11) is 0. The third kappa shape index (κ3) is 5.24. The molecule has 0 amide bonds. The standard InChI is InChI=1S/C22H23F3N4O3/c23-22(24,25)32-18-8-6-17(7-9-18)29-20(30)14-28(21(29)31)13-15-10-11-26-19(12-15)27-16-4-2-1-3-5-16/h6-12,14,16,30H,1-5,13H2,(H,26,27). The van der Waals surface area contributed by atoms with E-state index < -0.39 is 17.8 Å². The lowest BCUT2D eigenvalue weighted by Crippen LogP contribution is -2.24. The molecule has 0 unspecified atom stereocenters. The van der Waals surface area contributed by atoms with Crippen molar-refractivity contribution in [3.05, 3.63) is 64.8 Å². The van der Waals surface area contributed by atoms with Crippen molar-refractivity contribution >= 4 is 5.82 Å². The first-order chi connectivity index (χ1) is 15.3. The monoisotopic (exact) mass is 448 g/mol. The third-order valence-electron chi connectivity index (χ3n) is 5.40. The van der Waals surface area contributed by atoms with Crippen molar-refractivity contribution in [1.82, 2.24) is 14.1 Å². The summed E-state index contributed by atoms with van der Waals surface area (Å²) in [5.41, 5.74) is 0.521. The van der Waals surface area contributed by atoms with Crippen molar-refractivity contribution in [2.75, 3.05) is 5.32 Å². The van der Waals surface area contributed by atoms with Gasteiger partial charge in [-0.2, -0.15) is 0 Å². The Hall–Kier alpha value is -3.43. The normalized spacial score (nSPS) is 15.0. The highest BCUT2D eigenvalue weighted by atomic mass is 19.4. The molecule has 1 saturated carbocycles. The second-order valence-corrected chi connectivity index (χ2v) is 7.80. The average Bonchev–Trinajstić information content (AvgIpc) is 3.01. The molecule has 32 heavy (non-hydrogen) atoms. The van der Waals surface area contributed by atoms with E-state index in [0.29, 0.717) is 6.04 Å². The average molecular weight is 448 g/mol. The van der Waals surface area contributed by atoms with Gasteiger partial charge in [-0.1, -0.05) is 19.3 Å². The number of pyridine rings is 1. The second-order valence-electron chi connectivity index (χ2n) is 7.80. The number of halogens is 3. The Balaban J connectivity index is 1.51. The van der Waals surface area contributed by atoms with Crippen molar-refractivity contribution < 1.29 is 23.0 Å². The first kappa shape index (κ1) is 21.8. The largest absolute Gasteiger partial charge is 0.573 e. The first-order valence-corrected chi connectivity index (χ1v) is 10.4. The molecule has 0 aliphatic heterocycles. The minimum absolute atomic E-state index is 0.205. The Morgan fingerprint density at radius 2 is 1.84 bits per heavy atom. The van der Waals surface area contributed by atoms with E-state index in [0.717, 1.165) is 40.9 Å². The van der Waals surface area contributed by atoms with Crippen LogP contribution in [0.15, 0.2) is 53.6 Å². The van der Waals surface area contributed by atoms with E-state index >= 15 is 0 Å². The van der Waals surface area contributed by atoms with E-state index in [1.807, 2.05) is 6.07 Å². The SMILES string of the molecule is O=c1n(Cc2ccnc(NC3CCCCC3)c2)cc(O)n1-c1ccc(OC(F)(F)F)cc1. The Kier molecular flexibility index (Phi) is 6.11. The maximum absolute atomic E-state index is 12.8. The van der Waals surface area contributed by atoms with Crippen LogP contribution in [0.1, 0.15) is 37.7 Å². The Morgan fingerprint density at radius 1 is 1.12 bits per heavy atom. The zero-order chi connectivity index (χ0) is 22.7. The van der Waals surface area contributed by atoms with Gasteiger partial charge < -0.3 is 15.2 Å². The number of aromatic nitrogens is 3. The lowest BCUT2D eigenvalue weighted by molar-refractivity contribution is -0.274. The number of anilines is 1. The molecule has 2 N–H and O–H groups in total. The summed E-state index contributed by atoms with van der Waals surface area (Å²) in [6, 6.07) is 8.75. The lowest BCUT2D eigenvalue weighted by atomic mass is 9.95. The smallest absolute Gasteiger partial charge is 0.493 e. The fourth-order valence-corrected chi connectivity index (χ4v) is 3.94. The second kappa shape index (κ2) is 8.97. The van der Waals surface area contributed by atoms with Crippen molar-refractivity contribution in [2.45, 2.75) is 51.1 Å². The summed E-state index contributed by atoms with van der Waals surface area (Å²) in [5.74, 6) is 0.00320. The molecule has 2 aromatic heterocycles. The van der Waals surface area contributed by atoms with Gasteiger partial charge in [0.25, 0.3) is 0 Å². The predicted octanol–water partition coefficient (Wildman–Crippen LogP) is 4.43. The molecule has 10 heteroatoms. The molecule has 0 atom stereocenters. The molecule has 0 spiro atoms. The van der Waals surface area contributed by atoms with Crippen LogP contribution in [0.3, 0.4) is 0 Å². The van der Waals surface area contributed by atoms with E-state index in [-0.39, 0.29) is 18.1 Å². The molecule has 2 heterocycles. The minimum Gasteiger partial charge on any atom is -0.493 e. The molecular weight excluding hydrogens is 425 g/mol. The van der Waals surface area contributed by atoms with E-state index in [9.17, 15) is 23.1 Å². The number of hydrogen-bond donors (Lipinski definition) is 2. The number of nitrogens with zero attached hydrogens (tertiary/aromatic N) is 3. The van der Waals surface area contributed by atoms with Gasteiger partial charge in [-0.3, -0.25) is 4.57 Å². The number of rotatable bonds is 6. The summed E-state index contributed by atoms with van der Waals surface area (Å²) >= 11 is 0. The summed E-state index contributed by atoms with van der Waals surface area (Å²) in [4.78, 5) is 17.2. The number of nitrogens with one attached hydrogen (secondary N) is 1. The fraction of sp³-hybridized carbons (Fsp3) is 0.364. The molecule has 1 fully saturated rings. The van der Waals surface area contributed by atoms with Crippen LogP contribution < -0.4 is 15.7 Å². The maximum Gasteiger partial charge on any atom is 0.573 e. The van der Waals surface area contributed by atoms with Gasteiger partial charge in [-0.05, 0) is 54.8 Å². The quantitative estimate of drug-likeness (QED) is 0.583. The van der Waals surface area contributed by atoms with Crippen molar-refractivity contribution in [3.8, 4) is 17.3 Å². The van der Waals surface area contributed by atoms with E-state index in [1.165, 1.54) is 42.2 Å². The highest BCUT2D eigenvalue weighted by Gasteiger charge is 2.31. The number of aromatic hydroxyl groups is 1. The third-order valence-corrected chi connectivity index (χ3v) is 5.40. The van der Waals surface area contributed by atoms with Crippen LogP contribution in [0.2, 0.25) is 0 Å². The number of imidazole rings is 1. The molecule has 1 aromatic carbocycles. The number of alkyl halides is 3. The topological polar surface area (TPSA) is 81.3 Å². The zero-order valence-electron chi connectivity index (χ0n) is 17.2. The van der Waals surface area contributed by atoms with E-state index in [1.54, 1.807) is 12.3 Å². The summed E-state index contributed by atoms with van der Waals surface area (Å²) in [6.45, 7) is 0.205. The van der Waals surface area contributed by atoms with Crippen LogP contribution in [-0.2, 0) is 6.54 Å². The minimum atomic E-state index is -4.81. The lowest BCUT2D eigenvalue weighted by Gasteiger charge is -2.23. The number of ether oxygens (including phenoxy) is 1. The highest BCUT2D eigenvalue weighted by Crippen LogP contribution is 2.25.